The molecule has 2 N–H and O–H groups in total. The highest BCUT2D eigenvalue weighted by atomic mass is 16.3. The summed E-state index contributed by atoms with van der Waals surface area (Å²) >= 11 is 0. The van der Waals surface area contributed by atoms with E-state index in [1.165, 1.54) is 19.4 Å². The maximum Gasteiger partial charge on any atom is 0.223 e. The first-order valence-corrected chi connectivity index (χ1v) is 9.14. The summed E-state index contributed by atoms with van der Waals surface area (Å²) in [5, 5.41) is 13.6. The van der Waals surface area contributed by atoms with Crippen LogP contribution in [0.1, 0.15) is 45.6 Å². The van der Waals surface area contributed by atoms with Gasteiger partial charge in [0.2, 0.25) is 5.91 Å². The van der Waals surface area contributed by atoms with E-state index < -0.39 is 5.60 Å². The van der Waals surface area contributed by atoms with E-state index in [2.05, 4.69) is 24.1 Å². The number of hydrogen-bond acceptors (Lipinski definition) is 3. The summed E-state index contributed by atoms with van der Waals surface area (Å²) in [4.78, 5) is 14.8. The Morgan fingerprint density at radius 3 is 2.75 bits per heavy atom. The lowest BCUT2D eigenvalue weighted by Crippen LogP contribution is -2.43. The highest BCUT2D eigenvalue weighted by molar-refractivity contribution is 5.77. The minimum absolute atomic E-state index is 0.0789. The Hall–Kier alpha value is -1.39. The molecule has 1 aromatic carbocycles. The van der Waals surface area contributed by atoms with E-state index in [0.29, 0.717) is 18.4 Å². The van der Waals surface area contributed by atoms with Crippen molar-refractivity contribution in [1.29, 1.82) is 0 Å². The lowest BCUT2D eigenvalue weighted by Gasteiger charge is -2.34. The predicted molar refractivity (Wildman–Crippen MR) is 97.6 cm³/mol. The van der Waals surface area contributed by atoms with Crippen LogP contribution >= 0.6 is 0 Å². The van der Waals surface area contributed by atoms with Gasteiger partial charge in [-0.25, -0.2) is 0 Å². The fourth-order valence-corrected chi connectivity index (χ4v) is 3.53. The van der Waals surface area contributed by atoms with Crippen molar-refractivity contribution >= 4 is 5.91 Å². The van der Waals surface area contributed by atoms with Crippen molar-refractivity contribution in [2.45, 2.75) is 45.6 Å². The number of piperidine rings is 1. The van der Waals surface area contributed by atoms with Crippen LogP contribution in [0.15, 0.2) is 30.3 Å². The number of nitrogens with one attached hydrogen (secondary N) is 1. The molecule has 1 amide bonds. The average molecular weight is 332 g/mol. The number of carbonyl (C=O) groups is 1. The lowest BCUT2D eigenvalue weighted by molar-refractivity contribution is -0.126. The Labute approximate surface area is 146 Å². The van der Waals surface area contributed by atoms with E-state index in [1.54, 1.807) is 6.92 Å². The maximum absolute atomic E-state index is 12.2. The van der Waals surface area contributed by atoms with E-state index in [4.69, 9.17) is 0 Å². The molecule has 1 aliphatic heterocycles. The van der Waals surface area contributed by atoms with Gasteiger partial charge < -0.3 is 15.3 Å². The van der Waals surface area contributed by atoms with Crippen LogP contribution in [0, 0.1) is 11.8 Å². The number of likely N-dealkylation sites (tertiary alicyclic amines) is 1. The maximum atomic E-state index is 12.2. The molecular formula is C20H32N2O2. The molecule has 0 radical (unpaired) electrons. The first-order valence-electron chi connectivity index (χ1n) is 9.14. The second-order valence-corrected chi connectivity index (χ2v) is 7.78. The van der Waals surface area contributed by atoms with E-state index in [0.717, 1.165) is 18.7 Å². The molecule has 0 spiro atoms. The molecular weight excluding hydrogens is 300 g/mol. The minimum Gasteiger partial charge on any atom is -0.385 e. The van der Waals surface area contributed by atoms with Gasteiger partial charge in [0, 0.05) is 19.6 Å². The van der Waals surface area contributed by atoms with E-state index in [-0.39, 0.29) is 12.3 Å². The largest absolute Gasteiger partial charge is 0.385 e. The third kappa shape index (κ3) is 5.91. The smallest absolute Gasteiger partial charge is 0.223 e. The third-order valence-electron chi connectivity index (χ3n) is 4.71. The highest BCUT2D eigenvalue weighted by Gasteiger charge is 2.27. The molecule has 4 nitrogen and oxygen atoms in total. The van der Waals surface area contributed by atoms with Crippen LogP contribution in [0.25, 0.3) is 0 Å². The van der Waals surface area contributed by atoms with Crippen LogP contribution in [-0.4, -0.2) is 42.1 Å². The summed E-state index contributed by atoms with van der Waals surface area (Å²) in [6, 6.07) is 9.39. The van der Waals surface area contributed by atoms with Gasteiger partial charge >= 0.3 is 0 Å². The molecule has 2 unspecified atom stereocenters. The van der Waals surface area contributed by atoms with Crippen molar-refractivity contribution in [3.8, 4) is 0 Å². The van der Waals surface area contributed by atoms with E-state index in [9.17, 15) is 9.90 Å². The Bertz CT molecular complexity index is 514. The fourth-order valence-electron chi connectivity index (χ4n) is 3.53. The molecule has 1 saturated heterocycles. The zero-order chi connectivity index (χ0) is 17.6. The molecule has 0 aliphatic carbocycles. The summed E-state index contributed by atoms with van der Waals surface area (Å²) in [5.41, 5.74) is -0.345. The van der Waals surface area contributed by atoms with Gasteiger partial charge in [0.05, 0.1) is 12.0 Å². The second-order valence-electron chi connectivity index (χ2n) is 7.78. The van der Waals surface area contributed by atoms with Crippen LogP contribution in [0.2, 0.25) is 0 Å². The normalized spacial score (nSPS) is 21.5. The fraction of sp³-hybridized carbons (Fsp3) is 0.650. The second kappa shape index (κ2) is 8.63. The molecule has 1 aromatic rings. The molecule has 1 fully saturated rings. The zero-order valence-electron chi connectivity index (χ0n) is 15.3. The zero-order valence-corrected chi connectivity index (χ0v) is 15.3. The predicted octanol–water partition coefficient (Wildman–Crippen LogP) is 2.77. The monoisotopic (exact) mass is 332 g/mol. The summed E-state index contributed by atoms with van der Waals surface area (Å²) in [7, 11) is 0. The highest BCUT2D eigenvalue weighted by Crippen LogP contribution is 2.24. The first-order chi connectivity index (χ1) is 11.4. The number of hydrogen-bond donors (Lipinski definition) is 2. The standard InChI is InChI=1S/C20H32N2O2/c1-16(2)14-22-11-7-8-17(15-22)13-21-19(23)12-20(3,24)18-9-5-4-6-10-18/h4-6,9-10,16-17,24H,7-8,11-15H2,1-3H3,(H,21,23). The average Bonchev–Trinajstić information content (AvgIpc) is 2.53. The molecule has 2 rings (SSSR count). The first kappa shape index (κ1) is 18.9. The van der Waals surface area contributed by atoms with Gasteiger partial charge in [0.15, 0.2) is 0 Å². The molecule has 24 heavy (non-hydrogen) atoms. The van der Waals surface area contributed by atoms with E-state index >= 15 is 0 Å². The minimum atomic E-state index is -1.12. The molecule has 1 heterocycles. The number of rotatable bonds is 7. The Kier molecular flexibility index (Phi) is 6.81. The van der Waals surface area contributed by atoms with Crippen molar-refractivity contribution < 1.29 is 9.90 Å². The number of aliphatic hydroxyl groups is 1. The molecule has 0 saturated carbocycles. The number of amides is 1. The number of nitrogens with zero attached hydrogens (tertiary/aromatic N) is 1. The Balaban J connectivity index is 1.78. The molecule has 0 aromatic heterocycles. The van der Waals surface area contributed by atoms with Crippen molar-refractivity contribution in [3.05, 3.63) is 35.9 Å². The molecule has 0 bridgehead atoms. The van der Waals surface area contributed by atoms with Crippen molar-refractivity contribution in [1.82, 2.24) is 10.2 Å². The summed E-state index contributed by atoms with van der Waals surface area (Å²) < 4.78 is 0. The lowest BCUT2D eigenvalue weighted by atomic mass is 9.92. The van der Waals surface area contributed by atoms with Gasteiger partial charge in [0.25, 0.3) is 0 Å². The number of benzene rings is 1. The quantitative estimate of drug-likeness (QED) is 0.807. The van der Waals surface area contributed by atoms with Crippen molar-refractivity contribution in [2.24, 2.45) is 11.8 Å². The van der Waals surface area contributed by atoms with Crippen LogP contribution < -0.4 is 5.32 Å². The topological polar surface area (TPSA) is 52.6 Å². The van der Waals surface area contributed by atoms with Crippen LogP contribution in [0.3, 0.4) is 0 Å². The van der Waals surface area contributed by atoms with Crippen LogP contribution in [-0.2, 0) is 10.4 Å². The van der Waals surface area contributed by atoms with Gasteiger partial charge in [-0.05, 0) is 43.7 Å². The van der Waals surface area contributed by atoms with Crippen molar-refractivity contribution in [3.63, 3.8) is 0 Å². The summed E-state index contributed by atoms with van der Waals surface area (Å²) in [6.45, 7) is 10.3. The van der Waals surface area contributed by atoms with Gasteiger partial charge in [-0.3, -0.25) is 4.79 Å². The van der Waals surface area contributed by atoms with Gasteiger partial charge in [-0.1, -0.05) is 44.2 Å². The van der Waals surface area contributed by atoms with Crippen molar-refractivity contribution in [2.75, 3.05) is 26.2 Å². The molecule has 4 heteroatoms. The SMILES string of the molecule is CC(C)CN1CCCC(CNC(=O)CC(C)(O)c2ccccc2)C1. The van der Waals surface area contributed by atoms with Gasteiger partial charge in [-0.15, -0.1) is 0 Å². The summed E-state index contributed by atoms with van der Waals surface area (Å²) in [6.07, 6.45) is 2.47. The van der Waals surface area contributed by atoms with Crippen LogP contribution in [0.4, 0.5) is 0 Å². The molecule has 2 atom stereocenters. The van der Waals surface area contributed by atoms with Crippen LogP contribution in [0.5, 0.6) is 0 Å². The Morgan fingerprint density at radius 1 is 1.38 bits per heavy atom. The third-order valence-corrected chi connectivity index (χ3v) is 4.71. The van der Waals surface area contributed by atoms with Gasteiger partial charge in [0.1, 0.15) is 0 Å². The molecule has 1 aliphatic rings. The summed E-state index contributed by atoms with van der Waals surface area (Å²) in [5.74, 6) is 1.12. The van der Waals surface area contributed by atoms with Gasteiger partial charge in [-0.2, -0.15) is 0 Å². The number of carbonyl (C=O) groups excluding carboxylic acids is 1. The molecule has 134 valence electrons. The van der Waals surface area contributed by atoms with E-state index in [1.807, 2.05) is 30.3 Å². The Morgan fingerprint density at radius 2 is 2.08 bits per heavy atom.